The monoisotopic (exact) mass is 181 g/mol. The van der Waals surface area contributed by atoms with Gasteiger partial charge in [0.1, 0.15) is 0 Å². The van der Waals surface area contributed by atoms with Gasteiger partial charge in [-0.25, -0.2) is 0 Å². The maximum absolute atomic E-state index is 11.0. The summed E-state index contributed by atoms with van der Waals surface area (Å²) in [6.07, 6.45) is 11.5. The maximum atomic E-state index is 11.0. The third-order valence-electron chi connectivity index (χ3n) is 1.90. The SMILES string of the molecule is C#CCNC(=O)CCCCCCC. The van der Waals surface area contributed by atoms with Crippen molar-refractivity contribution in [3.05, 3.63) is 0 Å². The van der Waals surface area contributed by atoms with Crippen LogP contribution in [0.25, 0.3) is 0 Å². The van der Waals surface area contributed by atoms with E-state index in [1.165, 1.54) is 19.3 Å². The fourth-order valence-corrected chi connectivity index (χ4v) is 1.13. The topological polar surface area (TPSA) is 29.1 Å². The lowest BCUT2D eigenvalue weighted by Gasteiger charge is -2.00. The molecule has 0 rings (SSSR count). The minimum Gasteiger partial charge on any atom is -0.345 e. The molecule has 0 aliphatic heterocycles. The Hall–Kier alpha value is -0.970. The van der Waals surface area contributed by atoms with Crippen molar-refractivity contribution in [1.82, 2.24) is 5.32 Å². The first kappa shape index (κ1) is 12.0. The Bertz CT molecular complexity index is 169. The van der Waals surface area contributed by atoms with Gasteiger partial charge in [0, 0.05) is 6.42 Å². The summed E-state index contributed by atoms with van der Waals surface area (Å²) in [4.78, 5) is 11.0. The van der Waals surface area contributed by atoms with Gasteiger partial charge in [0.15, 0.2) is 0 Å². The van der Waals surface area contributed by atoms with Gasteiger partial charge >= 0.3 is 0 Å². The van der Waals surface area contributed by atoms with Gasteiger partial charge < -0.3 is 5.32 Å². The fraction of sp³-hybridized carbons (Fsp3) is 0.727. The normalized spacial score (nSPS) is 9.23. The van der Waals surface area contributed by atoms with Crippen LogP contribution in [0, 0.1) is 12.3 Å². The number of unbranched alkanes of at least 4 members (excludes halogenated alkanes) is 4. The number of nitrogens with one attached hydrogen (secondary N) is 1. The standard InChI is InChI=1S/C11H19NO/c1-3-5-6-7-8-9-11(13)12-10-4-2/h2H,3,5-10H2,1H3,(H,12,13). The summed E-state index contributed by atoms with van der Waals surface area (Å²) in [6.45, 7) is 2.54. The lowest BCUT2D eigenvalue weighted by Crippen LogP contribution is -2.22. The lowest BCUT2D eigenvalue weighted by molar-refractivity contribution is -0.120. The van der Waals surface area contributed by atoms with Gasteiger partial charge in [0.2, 0.25) is 5.91 Å². The molecule has 0 aromatic carbocycles. The Labute approximate surface area is 81.1 Å². The summed E-state index contributed by atoms with van der Waals surface area (Å²) in [5.41, 5.74) is 0. The van der Waals surface area contributed by atoms with Gasteiger partial charge in [0.05, 0.1) is 6.54 Å². The number of rotatable bonds is 7. The zero-order valence-corrected chi connectivity index (χ0v) is 8.44. The average Bonchev–Trinajstić information content (AvgIpc) is 2.14. The van der Waals surface area contributed by atoms with E-state index >= 15 is 0 Å². The van der Waals surface area contributed by atoms with Crippen LogP contribution in [0.1, 0.15) is 45.4 Å². The first-order valence-corrected chi connectivity index (χ1v) is 5.01. The quantitative estimate of drug-likeness (QED) is 0.473. The van der Waals surface area contributed by atoms with E-state index in [0.29, 0.717) is 13.0 Å². The molecule has 13 heavy (non-hydrogen) atoms. The number of hydrogen-bond donors (Lipinski definition) is 1. The highest BCUT2D eigenvalue weighted by Crippen LogP contribution is 2.04. The predicted molar refractivity (Wildman–Crippen MR) is 55.2 cm³/mol. The van der Waals surface area contributed by atoms with Crippen LogP contribution in [0.2, 0.25) is 0 Å². The molecule has 0 aromatic rings. The minimum absolute atomic E-state index is 0.0782. The van der Waals surface area contributed by atoms with Crippen LogP contribution in [0.3, 0.4) is 0 Å². The molecular weight excluding hydrogens is 162 g/mol. The summed E-state index contributed by atoms with van der Waals surface area (Å²) in [5, 5.41) is 2.65. The molecule has 0 spiro atoms. The second kappa shape index (κ2) is 9.12. The molecule has 0 aromatic heterocycles. The molecule has 0 fully saturated rings. The van der Waals surface area contributed by atoms with Crippen LogP contribution >= 0.6 is 0 Å². The molecule has 0 saturated heterocycles. The number of amides is 1. The molecule has 1 amide bonds. The molecule has 1 N–H and O–H groups in total. The van der Waals surface area contributed by atoms with E-state index in [2.05, 4.69) is 18.2 Å². The van der Waals surface area contributed by atoms with E-state index < -0.39 is 0 Å². The Morgan fingerprint density at radius 3 is 2.62 bits per heavy atom. The maximum Gasteiger partial charge on any atom is 0.220 e. The number of terminal acetylenes is 1. The van der Waals surface area contributed by atoms with Crippen LogP contribution in [0.15, 0.2) is 0 Å². The molecule has 2 heteroatoms. The smallest absolute Gasteiger partial charge is 0.220 e. The third-order valence-corrected chi connectivity index (χ3v) is 1.90. The van der Waals surface area contributed by atoms with E-state index in [4.69, 9.17) is 6.42 Å². The van der Waals surface area contributed by atoms with Gasteiger partial charge in [-0.3, -0.25) is 4.79 Å². The van der Waals surface area contributed by atoms with Crippen molar-refractivity contribution in [2.75, 3.05) is 6.54 Å². The van der Waals surface area contributed by atoms with Crippen LogP contribution < -0.4 is 5.32 Å². The summed E-state index contributed by atoms with van der Waals surface area (Å²) < 4.78 is 0. The van der Waals surface area contributed by atoms with Crippen LogP contribution in [0.5, 0.6) is 0 Å². The van der Waals surface area contributed by atoms with Gasteiger partial charge in [-0.1, -0.05) is 38.5 Å². The summed E-state index contributed by atoms with van der Waals surface area (Å²) in [5.74, 6) is 2.46. The highest BCUT2D eigenvalue weighted by atomic mass is 16.1. The number of carbonyl (C=O) groups is 1. The lowest BCUT2D eigenvalue weighted by atomic mass is 10.1. The summed E-state index contributed by atoms with van der Waals surface area (Å²) in [6, 6.07) is 0. The molecule has 0 atom stereocenters. The summed E-state index contributed by atoms with van der Waals surface area (Å²) in [7, 11) is 0. The molecule has 2 nitrogen and oxygen atoms in total. The van der Waals surface area contributed by atoms with Crippen molar-refractivity contribution in [2.45, 2.75) is 45.4 Å². The van der Waals surface area contributed by atoms with Crippen molar-refractivity contribution in [1.29, 1.82) is 0 Å². The van der Waals surface area contributed by atoms with E-state index in [-0.39, 0.29) is 5.91 Å². The second-order valence-electron chi connectivity index (χ2n) is 3.15. The molecule has 0 unspecified atom stereocenters. The molecule has 0 saturated carbocycles. The van der Waals surface area contributed by atoms with E-state index in [1.807, 2.05) is 0 Å². The Kier molecular flexibility index (Phi) is 8.44. The van der Waals surface area contributed by atoms with Crippen LogP contribution in [0.4, 0.5) is 0 Å². The minimum atomic E-state index is 0.0782. The molecule has 74 valence electrons. The molecule has 0 bridgehead atoms. The van der Waals surface area contributed by atoms with E-state index in [1.54, 1.807) is 0 Å². The summed E-state index contributed by atoms with van der Waals surface area (Å²) >= 11 is 0. The van der Waals surface area contributed by atoms with Crippen molar-refractivity contribution in [3.63, 3.8) is 0 Å². The van der Waals surface area contributed by atoms with Crippen molar-refractivity contribution >= 4 is 5.91 Å². The Morgan fingerprint density at radius 2 is 2.00 bits per heavy atom. The highest BCUT2D eigenvalue weighted by Gasteiger charge is 1.98. The highest BCUT2D eigenvalue weighted by molar-refractivity contribution is 5.76. The van der Waals surface area contributed by atoms with E-state index in [0.717, 1.165) is 12.8 Å². The zero-order valence-electron chi connectivity index (χ0n) is 8.44. The Balaban J connectivity index is 3.13. The van der Waals surface area contributed by atoms with Crippen molar-refractivity contribution in [2.24, 2.45) is 0 Å². The van der Waals surface area contributed by atoms with Gasteiger partial charge in [-0.2, -0.15) is 0 Å². The van der Waals surface area contributed by atoms with Crippen molar-refractivity contribution < 1.29 is 4.79 Å². The Morgan fingerprint density at radius 1 is 1.31 bits per heavy atom. The molecule has 0 heterocycles. The number of carbonyl (C=O) groups excluding carboxylic acids is 1. The predicted octanol–water partition coefficient (Wildman–Crippen LogP) is 2.10. The zero-order chi connectivity index (χ0) is 9.94. The first-order chi connectivity index (χ1) is 6.31. The fourth-order valence-electron chi connectivity index (χ4n) is 1.13. The van der Waals surface area contributed by atoms with Gasteiger partial charge in [-0.15, -0.1) is 6.42 Å². The van der Waals surface area contributed by atoms with Crippen molar-refractivity contribution in [3.8, 4) is 12.3 Å². The molecular formula is C11H19NO. The van der Waals surface area contributed by atoms with E-state index in [9.17, 15) is 4.79 Å². The average molecular weight is 181 g/mol. The largest absolute Gasteiger partial charge is 0.345 e. The molecule has 0 radical (unpaired) electrons. The second-order valence-corrected chi connectivity index (χ2v) is 3.15. The third kappa shape index (κ3) is 8.94. The van der Waals surface area contributed by atoms with Gasteiger partial charge in [0.25, 0.3) is 0 Å². The van der Waals surface area contributed by atoms with Crippen LogP contribution in [-0.4, -0.2) is 12.5 Å². The number of hydrogen-bond acceptors (Lipinski definition) is 1. The van der Waals surface area contributed by atoms with Crippen LogP contribution in [-0.2, 0) is 4.79 Å². The first-order valence-electron chi connectivity index (χ1n) is 5.01. The molecule has 0 aliphatic carbocycles. The van der Waals surface area contributed by atoms with Gasteiger partial charge in [-0.05, 0) is 6.42 Å². The molecule has 0 aliphatic rings.